The van der Waals surface area contributed by atoms with Crippen LogP contribution in [0.5, 0.6) is 0 Å². The second kappa shape index (κ2) is 64.8. The van der Waals surface area contributed by atoms with Crippen LogP contribution in [-0.4, -0.2) is 11.8 Å². The zero-order valence-corrected chi connectivity index (χ0v) is 52.2. The highest BCUT2D eigenvalue weighted by molar-refractivity contribution is 4.60. The molecule has 1 rings (SSSR count). The Bertz CT molecular complexity index is 817. The van der Waals surface area contributed by atoms with E-state index < -0.39 is 37.3 Å². The Balaban J connectivity index is -0.0000000482. The summed E-state index contributed by atoms with van der Waals surface area (Å²) in [6.45, 7) is 66.2. The van der Waals surface area contributed by atoms with Gasteiger partial charge in [-0.15, -0.1) is 0 Å². The summed E-state index contributed by atoms with van der Waals surface area (Å²) in [5, 5.41) is 0. The molecular weight excluding hydrogens is 797 g/mol. The Morgan fingerprint density at radius 2 is 0.578 bits per heavy atom. The van der Waals surface area contributed by atoms with Gasteiger partial charge in [0.1, 0.15) is 0 Å². The monoisotopic (exact) mass is 947 g/mol. The molecule has 0 aromatic carbocycles. The fourth-order valence-electron chi connectivity index (χ4n) is 1.31. The molecule has 4 heteroatoms. The summed E-state index contributed by atoms with van der Waals surface area (Å²) in [7, 11) is 0. The van der Waals surface area contributed by atoms with Crippen molar-refractivity contribution in [2.24, 2.45) is 38.9 Å². The van der Waals surface area contributed by atoms with Crippen molar-refractivity contribution in [2.45, 2.75) is 358 Å². The summed E-state index contributed by atoms with van der Waals surface area (Å²) < 4.78 is 101. The van der Waals surface area contributed by atoms with Gasteiger partial charge in [0.2, 0.25) is 11.8 Å². The maximum atomic E-state index is 11.5. The van der Waals surface area contributed by atoms with Gasteiger partial charge in [0.25, 0.3) is 0 Å². The van der Waals surface area contributed by atoms with Crippen molar-refractivity contribution in [3.8, 4) is 0 Å². The number of rotatable bonds is 3. The smallest absolute Gasteiger partial charge is 0.207 e. The fraction of sp³-hybridized carbons (Fsp3) is 1.00. The molecule has 1 fully saturated rings. The Morgan fingerprint density at radius 3 is 0.609 bits per heavy atom. The molecule has 0 aromatic heterocycles. The molecule has 0 aromatic rings. The first kappa shape index (κ1) is 72.7. The van der Waals surface area contributed by atoms with E-state index in [0.29, 0.717) is 21.7 Å². The van der Waals surface area contributed by atoms with Crippen LogP contribution < -0.4 is 0 Å². The van der Waals surface area contributed by atoms with Crippen molar-refractivity contribution in [3.05, 3.63) is 0 Å². The summed E-state index contributed by atoms with van der Waals surface area (Å²) in [5.74, 6) is -3.05. The predicted octanol–water partition coefficient (Wildman–Crippen LogP) is 26.1. The van der Waals surface area contributed by atoms with E-state index in [1.165, 1.54) is 106 Å². The van der Waals surface area contributed by atoms with Crippen molar-refractivity contribution < 1.29 is 28.5 Å². The SMILES string of the molecule is CC.CC.CC(C)(C)C.CC(C)(C)C.CC(C)C.CC1CCCCC1.CCC.CCC(C)(C)C.CCC(C)(C)C.CCC(C)(F)F.CCC(C)(F)F.CCCC.[2H]C([2H])(C)C.[2H]C([2H])([2H])C(C)(C)C([2H])([2H])[2H]. The summed E-state index contributed by atoms with van der Waals surface area (Å²) in [6.07, 6.45) is 12.7. The van der Waals surface area contributed by atoms with E-state index in [4.69, 9.17) is 11.0 Å². The number of hydrogen-bond donors (Lipinski definition) is 0. The normalized spacial score (nSPS) is 14.3. The topological polar surface area (TPSA) is 0 Å². The molecule has 1 aliphatic carbocycles. The van der Waals surface area contributed by atoms with Gasteiger partial charge in [0.05, 0.1) is 0 Å². The molecule has 0 atom stereocenters. The molecule has 0 saturated heterocycles. The number of halogens is 4. The van der Waals surface area contributed by atoms with Gasteiger partial charge in [0, 0.05) is 23.8 Å². The van der Waals surface area contributed by atoms with E-state index in [-0.39, 0.29) is 12.8 Å². The Kier molecular flexibility index (Phi) is 73.6. The standard InChI is InChI=1S/C7H14.2C6H14.3C5H12.2C4H8F2.2C4H10.2C3H8.2C2H6/c1-7-5-3-2-4-6-7;2*1-5-6(2,3)4;3*1-5(2,3)4;2*1-3-4(2,5)6;1-4(2)3;1-3-4-2;2*1-3-2;2*1-2/h7H,2-6H2,1H3;2*5H2,1-4H3;3*1-4H3;2*3H2,1-2H3;4H,1-3H3;3-4H2,1-2H3;2*3H2,1-2H3;2*1-2H3/i;;;1D3,2D3;;;;;;;3D2;;;. The largest absolute Gasteiger partial charge is 0.245 e. The average molecular weight is 948 g/mol. The highest BCUT2D eigenvalue weighted by Crippen LogP contribution is 2.22. The molecule has 0 N–H and O–H groups in total. The van der Waals surface area contributed by atoms with Crippen LogP contribution in [0.4, 0.5) is 17.6 Å². The molecule has 0 nitrogen and oxygen atoms in total. The van der Waals surface area contributed by atoms with Crippen molar-refractivity contribution in [2.75, 3.05) is 0 Å². The Hall–Kier alpha value is -0.280. The number of unbranched alkanes of at least 4 members (excludes halogenated alkanes) is 1. The lowest BCUT2D eigenvalue weighted by Crippen LogP contribution is -2.05. The van der Waals surface area contributed by atoms with Crippen LogP contribution in [0.15, 0.2) is 0 Å². The minimum Gasteiger partial charge on any atom is -0.207 e. The van der Waals surface area contributed by atoms with Gasteiger partial charge in [-0.25, -0.2) is 17.6 Å². The maximum Gasteiger partial charge on any atom is 0.245 e. The van der Waals surface area contributed by atoms with Gasteiger partial charge in [-0.2, -0.15) is 0 Å². The fourth-order valence-corrected chi connectivity index (χ4v) is 1.31. The maximum absolute atomic E-state index is 11.5. The molecule has 410 valence electrons. The zero-order chi connectivity index (χ0) is 62.6. The van der Waals surface area contributed by atoms with Crippen LogP contribution in [0.2, 0.25) is 0 Å². The molecule has 0 amide bonds. The molecule has 0 radical (unpaired) electrons. The summed E-state index contributed by atoms with van der Waals surface area (Å²) in [4.78, 5) is 0. The minimum absolute atomic E-state index is 0.0625. The third kappa shape index (κ3) is 530. The molecule has 0 spiro atoms. The Labute approximate surface area is 424 Å². The first-order valence-electron chi connectivity index (χ1n) is 30.0. The molecule has 0 bridgehead atoms. The van der Waals surface area contributed by atoms with E-state index in [9.17, 15) is 17.6 Å². The minimum atomic E-state index is -2.46. The van der Waals surface area contributed by atoms with Crippen LogP contribution in [-0.2, 0) is 0 Å². The van der Waals surface area contributed by atoms with Crippen molar-refractivity contribution in [1.82, 2.24) is 0 Å². The summed E-state index contributed by atoms with van der Waals surface area (Å²) in [5.41, 5.74) is 0.458. The van der Waals surface area contributed by atoms with Crippen LogP contribution >= 0.6 is 0 Å². The van der Waals surface area contributed by atoms with Crippen LogP contribution in [0.1, 0.15) is 357 Å². The van der Waals surface area contributed by atoms with Crippen LogP contribution in [0, 0.1) is 38.9 Å². The summed E-state index contributed by atoms with van der Waals surface area (Å²) in [6, 6.07) is 0. The van der Waals surface area contributed by atoms with Gasteiger partial charge in [-0.1, -0.05) is 320 Å². The van der Waals surface area contributed by atoms with E-state index in [1.807, 2.05) is 27.7 Å². The molecule has 64 heavy (non-hydrogen) atoms. The second-order valence-electron chi connectivity index (χ2n) is 23.0. The van der Waals surface area contributed by atoms with Crippen LogP contribution in [0.3, 0.4) is 0 Å². The van der Waals surface area contributed by atoms with Gasteiger partial charge in [-0.3, -0.25) is 0 Å². The lowest BCUT2D eigenvalue weighted by Gasteiger charge is -2.15. The van der Waals surface area contributed by atoms with Crippen molar-refractivity contribution in [3.63, 3.8) is 0 Å². The van der Waals surface area contributed by atoms with E-state index in [1.54, 1.807) is 0 Å². The van der Waals surface area contributed by atoms with E-state index >= 15 is 0 Å². The van der Waals surface area contributed by atoms with Gasteiger partial charge in [0.15, 0.2) is 0 Å². The highest BCUT2D eigenvalue weighted by atomic mass is 19.3. The number of hydrogen-bond acceptors (Lipinski definition) is 0. The van der Waals surface area contributed by atoms with Crippen molar-refractivity contribution in [1.29, 1.82) is 0 Å². The molecular formula is C60H142F4. The molecule has 0 heterocycles. The van der Waals surface area contributed by atoms with Crippen molar-refractivity contribution >= 4 is 0 Å². The quantitative estimate of drug-likeness (QED) is 0.247. The third-order valence-corrected chi connectivity index (χ3v) is 5.76. The number of alkyl halides is 4. The zero-order valence-electron chi connectivity index (χ0n) is 60.2. The molecule has 1 saturated carbocycles. The predicted molar refractivity (Wildman–Crippen MR) is 305 cm³/mol. The van der Waals surface area contributed by atoms with E-state index in [2.05, 4.69) is 166 Å². The average Bonchev–Trinajstić information content (AvgIpc) is 3.14. The summed E-state index contributed by atoms with van der Waals surface area (Å²) >= 11 is 0. The third-order valence-electron chi connectivity index (χ3n) is 5.76. The van der Waals surface area contributed by atoms with E-state index in [0.717, 1.165) is 25.7 Å². The molecule has 1 aliphatic rings. The molecule has 0 aliphatic heterocycles. The highest BCUT2D eigenvalue weighted by Gasteiger charge is 2.16. The van der Waals surface area contributed by atoms with Gasteiger partial charge < -0.3 is 0 Å². The Morgan fingerprint density at radius 1 is 0.438 bits per heavy atom. The second-order valence-corrected chi connectivity index (χ2v) is 23.0. The first-order valence-corrected chi connectivity index (χ1v) is 26.0. The first-order chi connectivity index (χ1) is 31.2. The van der Waals surface area contributed by atoms with Gasteiger partial charge >= 0.3 is 0 Å². The molecule has 0 unspecified atom stereocenters. The lowest BCUT2D eigenvalue weighted by molar-refractivity contribution is 0.0174. The lowest BCUT2D eigenvalue weighted by atomic mass is 9.91. The van der Waals surface area contributed by atoms with Crippen LogP contribution in [0.25, 0.3) is 0 Å². The van der Waals surface area contributed by atoms with Gasteiger partial charge in [-0.05, 0) is 52.8 Å².